The highest BCUT2D eigenvalue weighted by Crippen LogP contribution is 2.36. The average molecular weight is 421 g/mol. The van der Waals surface area contributed by atoms with Gasteiger partial charge in [-0.2, -0.15) is 0 Å². The number of hydrogen-bond donors (Lipinski definition) is 2. The quantitative estimate of drug-likeness (QED) is 0.658. The van der Waals surface area contributed by atoms with Crippen LogP contribution in [0.3, 0.4) is 0 Å². The lowest BCUT2D eigenvalue weighted by Gasteiger charge is -2.37. The van der Waals surface area contributed by atoms with Gasteiger partial charge in [-0.05, 0) is 24.3 Å². The molecule has 152 valence electrons. The Morgan fingerprint density at radius 2 is 1.87 bits per heavy atom. The van der Waals surface area contributed by atoms with Crippen LogP contribution in [0.4, 0.5) is 16.5 Å². The first-order valence-electron chi connectivity index (χ1n) is 9.21. The number of nitrogens with zero attached hydrogens (tertiary/aromatic N) is 3. The smallest absolute Gasteiger partial charge is 0.255 e. The van der Waals surface area contributed by atoms with Gasteiger partial charge >= 0.3 is 0 Å². The Morgan fingerprint density at radius 1 is 1.17 bits per heavy atom. The fourth-order valence-corrected chi connectivity index (χ4v) is 4.33. The molecule has 3 amide bonds. The molecule has 0 saturated carbocycles. The number of rotatable bonds is 5. The van der Waals surface area contributed by atoms with E-state index in [2.05, 4.69) is 10.3 Å². The number of thiazole rings is 1. The maximum Gasteiger partial charge on any atom is 0.255 e. The molecule has 0 aliphatic carbocycles. The zero-order valence-electron chi connectivity index (χ0n) is 16.1. The Balaban J connectivity index is 1.73. The van der Waals surface area contributed by atoms with Crippen LogP contribution >= 0.6 is 11.3 Å². The van der Waals surface area contributed by atoms with Gasteiger partial charge in [-0.1, -0.05) is 30.3 Å². The van der Waals surface area contributed by atoms with Crippen LogP contribution in [0.15, 0.2) is 60.0 Å². The number of aromatic nitrogens is 1. The highest BCUT2D eigenvalue weighted by Gasteiger charge is 2.34. The van der Waals surface area contributed by atoms with Crippen molar-refractivity contribution < 1.29 is 14.4 Å². The lowest BCUT2D eigenvalue weighted by molar-refractivity contribution is -0.117. The summed E-state index contributed by atoms with van der Waals surface area (Å²) in [6, 6.07) is 16.2. The summed E-state index contributed by atoms with van der Waals surface area (Å²) in [7, 11) is 0. The second-order valence-corrected chi connectivity index (χ2v) is 7.57. The summed E-state index contributed by atoms with van der Waals surface area (Å²) in [6.07, 6.45) is -0.686. The van der Waals surface area contributed by atoms with Gasteiger partial charge in [-0.25, -0.2) is 4.98 Å². The summed E-state index contributed by atoms with van der Waals surface area (Å²) >= 11 is 1.28. The molecule has 2 aromatic carbocycles. The number of anilines is 3. The third kappa shape index (κ3) is 3.62. The van der Waals surface area contributed by atoms with Gasteiger partial charge in [0.1, 0.15) is 6.17 Å². The van der Waals surface area contributed by atoms with E-state index in [1.807, 2.05) is 30.3 Å². The lowest BCUT2D eigenvalue weighted by Crippen LogP contribution is -2.49. The number of carbonyl (C=O) groups excluding carboxylic acids is 3. The number of amides is 3. The summed E-state index contributed by atoms with van der Waals surface area (Å²) in [5, 5.41) is 5.12. The minimum atomic E-state index is -0.686. The molecule has 0 radical (unpaired) electrons. The molecule has 1 aromatic heterocycles. The monoisotopic (exact) mass is 421 g/mol. The molecule has 3 aromatic rings. The summed E-state index contributed by atoms with van der Waals surface area (Å²) in [4.78, 5) is 44.5. The Morgan fingerprint density at radius 3 is 2.57 bits per heavy atom. The molecule has 3 N–H and O–H groups in total. The molecule has 9 heteroatoms. The Hall–Kier alpha value is -3.72. The predicted octanol–water partition coefficient (Wildman–Crippen LogP) is 2.56. The molecule has 2 heterocycles. The summed E-state index contributed by atoms with van der Waals surface area (Å²) in [6.45, 7) is 1.37. The van der Waals surface area contributed by atoms with Crippen molar-refractivity contribution >= 4 is 45.6 Å². The van der Waals surface area contributed by atoms with E-state index < -0.39 is 12.1 Å². The van der Waals surface area contributed by atoms with Crippen LogP contribution in [-0.4, -0.2) is 29.3 Å². The van der Waals surface area contributed by atoms with Gasteiger partial charge in [0.2, 0.25) is 11.8 Å². The van der Waals surface area contributed by atoms with Gasteiger partial charge in [-0.15, -0.1) is 11.3 Å². The SMILES string of the molecule is CC(=O)N(c1ccccc1)c1nc([C@H]2NC(=O)c3ccccc3N2CC(N)=O)cs1. The minimum Gasteiger partial charge on any atom is -0.368 e. The molecule has 1 aliphatic rings. The van der Waals surface area contributed by atoms with Gasteiger partial charge in [0.15, 0.2) is 5.13 Å². The number of benzene rings is 2. The van der Waals surface area contributed by atoms with Gasteiger partial charge in [0.05, 0.1) is 29.2 Å². The summed E-state index contributed by atoms with van der Waals surface area (Å²) < 4.78 is 0. The van der Waals surface area contributed by atoms with Crippen molar-refractivity contribution in [3.63, 3.8) is 0 Å². The number of primary amides is 1. The van der Waals surface area contributed by atoms with Crippen molar-refractivity contribution in [1.82, 2.24) is 10.3 Å². The Kier molecular flexibility index (Phi) is 5.20. The standard InChI is InChI=1S/C21H19N5O3S/c1-13(27)26(14-7-3-2-4-8-14)21-23-16(12-30-21)19-24-20(29)15-9-5-6-10-17(15)25(19)11-18(22)28/h2-10,12,19H,11H2,1H3,(H2,22,28)(H,24,29)/t19-/m0/s1. The van der Waals surface area contributed by atoms with Crippen LogP contribution < -0.4 is 20.9 Å². The van der Waals surface area contributed by atoms with E-state index in [-0.39, 0.29) is 18.4 Å². The van der Waals surface area contributed by atoms with Crippen LogP contribution in [0.2, 0.25) is 0 Å². The van der Waals surface area contributed by atoms with Gasteiger partial charge in [0.25, 0.3) is 5.91 Å². The number of hydrogen-bond acceptors (Lipinski definition) is 6. The largest absolute Gasteiger partial charge is 0.368 e. The van der Waals surface area contributed by atoms with E-state index in [4.69, 9.17) is 5.73 Å². The zero-order chi connectivity index (χ0) is 21.3. The van der Waals surface area contributed by atoms with Crippen molar-refractivity contribution in [3.05, 3.63) is 71.2 Å². The van der Waals surface area contributed by atoms with Gasteiger partial charge in [0, 0.05) is 12.3 Å². The number of nitrogens with two attached hydrogens (primary N) is 1. The fraction of sp³-hybridized carbons (Fsp3) is 0.143. The zero-order valence-corrected chi connectivity index (χ0v) is 16.9. The number of nitrogens with one attached hydrogen (secondary N) is 1. The molecular formula is C21H19N5O3S. The first kappa shape index (κ1) is 19.6. The van der Waals surface area contributed by atoms with Crippen LogP contribution in [0.25, 0.3) is 0 Å². The second-order valence-electron chi connectivity index (χ2n) is 6.73. The highest BCUT2D eigenvalue weighted by atomic mass is 32.1. The molecule has 8 nitrogen and oxygen atoms in total. The normalized spacial score (nSPS) is 15.3. The van der Waals surface area contributed by atoms with E-state index in [1.54, 1.807) is 34.5 Å². The topological polar surface area (TPSA) is 109 Å². The van der Waals surface area contributed by atoms with Crippen LogP contribution in [0.1, 0.15) is 29.1 Å². The van der Waals surface area contributed by atoms with E-state index in [0.29, 0.717) is 27.8 Å². The third-order valence-corrected chi connectivity index (χ3v) is 5.52. The molecule has 30 heavy (non-hydrogen) atoms. The molecule has 0 unspecified atom stereocenters. The van der Waals surface area contributed by atoms with E-state index in [9.17, 15) is 14.4 Å². The molecule has 1 atom stereocenters. The number of fused-ring (bicyclic) bond motifs is 1. The summed E-state index contributed by atoms with van der Waals surface area (Å²) in [5.74, 6) is -0.984. The first-order valence-corrected chi connectivity index (χ1v) is 10.1. The molecular weight excluding hydrogens is 402 g/mol. The van der Waals surface area contributed by atoms with Gasteiger partial charge < -0.3 is 16.0 Å². The maximum atomic E-state index is 12.6. The average Bonchev–Trinajstić information content (AvgIpc) is 3.20. The second kappa shape index (κ2) is 7.96. The summed E-state index contributed by atoms with van der Waals surface area (Å²) in [5.41, 5.74) is 7.73. The number of para-hydroxylation sites is 2. The Labute approximate surface area is 176 Å². The minimum absolute atomic E-state index is 0.0933. The predicted molar refractivity (Wildman–Crippen MR) is 115 cm³/mol. The first-order chi connectivity index (χ1) is 14.5. The number of carbonyl (C=O) groups is 3. The van der Waals surface area contributed by atoms with Crippen molar-refractivity contribution in [3.8, 4) is 0 Å². The molecule has 0 fully saturated rings. The molecule has 0 bridgehead atoms. The molecule has 0 spiro atoms. The lowest BCUT2D eigenvalue weighted by atomic mass is 10.1. The van der Waals surface area contributed by atoms with Crippen molar-refractivity contribution in [2.24, 2.45) is 5.73 Å². The van der Waals surface area contributed by atoms with Crippen LogP contribution in [0, 0.1) is 0 Å². The van der Waals surface area contributed by atoms with E-state index in [0.717, 1.165) is 0 Å². The Bertz CT molecular complexity index is 1110. The van der Waals surface area contributed by atoms with Crippen LogP contribution in [0.5, 0.6) is 0 Å². The van der Waals surface area contributed by atoms with Crippen LogP contribution in [-0.2, 0) is 9.59 Å². The van der Waals surface area contributed by atoms with E-state index >= 15 is 0 Å². The van der Waals surface area contributed by atoms with Gasteiger partial charge in [-0.3, -0.25) is 19.3 Å². The van der Waals surface area contributed by atoms with Crippen molar-refractivity contribution in [2.75, 3.05) is 16.3 Å². The molecule has 1 aliphatic heterocycles. The van der Waals surface area contributed by atoms with E-state index in [1.165, 1.54) is 23.2 Å². The van der Waals surface area contributed by atoms with Crippen molar-refractivity contribution in [2.45, 2.75) is 13.1 Å². The molecule has 0 saturated heterocycles. The highest BCUT2D eigenvalue weighted by molar-refractivity contribution is 7.14. The van der Waals surface area contributed by atoms with Crippen molar-refractivity contribution in [1.29, 1.82) is 0 Å². The third-order valence-electron chi connectivity index (χ3n) is 4.67. The molecule has 4 rings (SSSR count). The maximum absolute atomic E-state index is 12.6. The fourth-order valence-electron chi connectivity index (χ4n) is 3.42.